The average Bonchev–Trinajstić information content (AvgIpc) is 2.35. The molecule has 1 unspecified atom stereocenters. The zero-order chi connectivity index (χ0) is 12.5. The first-order valence-electron chi connectivity index (χ1n) is 6.29. The molecule has 0 aliphatic carbocycles. The highest BCUT2D eigenvalue weighted by atomic mass is 32.2. The van der Waals surface area contributed by atoms with Crippen LogP contribution in [-0.2, 0) is 6.42 Å². The Kier molecular flexibility index (Phi) is 7.29. The van der Waals surface area contributed by atoms with Crippen LogP contribution in [0.1, 0.15) is 25.3 Å². The van der Waals surface area contributed by atoms with Gasteiger partial charge in [0.1, 0.15) is 5.82 Å². The molecule has 0 fully saturated rings. The molecule has 0 aromatic heterocycles. The molecular weight excluding hydrogens is 233 g/mol. The summed E-state index contributed by atoms with van der Waals surface area (Å²) in [6.07, 6.45) is 3.03. The molecule has 0 saturated heterocycles. The third-order valence-corrected chi connectivity index (χ3v) is 3.89. The second kappa shape index (κ2) is 8.54. The van der Waals surface area contributed by atoms with Crippen LogP contribution in [0.4, 0.5) is 4.39 Å². The molecule has 0 aliphatic heterocycles. The van der Waals surface area contributed by atoms with Gasteiger partial charge in [0.15, 0.2) is 0 Å². The Morgan fingerprint density at radius 3 is 2.76 bits per heavy atom. The number of halogens is 1. The average molecular weight is 255 g/mol. The Morgan fingerprint density at radius 2 is 2.12 bits per heavy atom. The molecule has 0 amide bonds. The van der Waals surface area contributed by atoms with Crippen LogP contribution in [0.5, 0.6) is 0 Å². The summed E-state index contributed by atoms with van der Waals surface area (Å²) in [5.41, 5.74) is 6.55. The minimum Gasteiger partial charge on any atom is -0.330 e. The van der Waals surface area contributed by atoms with Crippen LogP contribution >= 0.6 is 11.8 Å². The Labute approximate surface area is 108 Å². The number of rotatable bonds is 8. The van der Waals surface area contributed by atoms with Gasteiger partial charge in [-0.1, -0.05) is 25.1 Å². The first-order valence-corrected chi connectivity index (χ1v) is 7.44. The minimum atomic E-state index is -0.103. The standard InChI is InChI=1S/C14H22FNS/c1-2-17-9-5-6-12(11-16)10-13-7-3-4-8-14(13)15/h3-4,7-8,12H,2,5-6,9-11,16H2,1H3. The van der Waals surface area contributed by atoms with Crippen LogP contribution in [0.15, 0.2) is 24.3 Å². The molecule has 17 heavy (non-hydrogen) atoms. The van der Waals surface area contributed by atoms with E-state index in [4.69, 9.17) is 5.73 Å². The highest BCUT2D eigenvalue weighted by molar-refractivity contribution is 7.99. The summed E-state index contributed by atoms with van der Waals surface area (Å²) in [4.78, 5) is 0. The van der Waals surface area contributed by atoms with Gasteiger partial charge in [-0.25, -0.2) is 4.39 Å². The fourth-order valence-corrected chi connectivity index (χ4v) is 2.56. The molecule has 1 atom stereocenters. The smallest absolute Gasteiger partial charge is 0.126 e. The van der Waals surface area contributed by atoms with Gasteiger partial charge in [0.2, 0.25) is 0 Å². The van der Waals surface area contributed by atoms with Crippen molar-refractivity contribution < 1.29 is 4.39 Å². The third kappa shape index (κ3) is 5.55. The van der Waals surface area contributed by atoms with E-state index in [1.54, 1.807) is 6.07 Å². The van der Waals surface area contributed by atoms with Crippen molar-refractivity contribution in [3.05, 3.63) is 35.6 Å². The van der Waals surface area contributed by atoms with Crippen LogP contribution in [0, 0.1) is 11.7 Å². The van der Waals surface area contributed by atoms with Gasteiger partial charge < -0.3 is 5.73 Å². The van der Waals surface area contributed by atoms with Crippen molar-refractivity contribution in [1.82, 2.24) is 0 Å². The van der Waals surface area contributed by atoms with Crippen LogP contribution < -0.4 is 5.73 Å². The topological polar surface area (TPSA) is 26.0 Å². The fraction of sp³-hybridized carbons (Fsp3) is 0.571. The van der Waals surface area contributed by atoms with E-state index in [0.717, 1.165) is 18.4 Å². The van der Waals surface area contributed by atoms with Crippen molar-refractivity contribution in [2.45, 2.75) is 26.2 Å². The van der Waals surface area contributed by atoms with E-state index in [1.165, 1.54) is 24.0 Å². The summed E-state index contributed by atoms with van der Waals surface area (Å²) >= 11 is 1.96. The predicted octanol–water partition coefficient (Wildman–Crippen LogP) is 3.48. The number of hydrogen-bond acceptors (Lipinski definition) is 2. The Morgan fingerprint density at radius 1 is 1.35 bits per heavy atom. The van der Waals surface area contributed by atoms with Gasteiger partial charge in [-0.2, -0.15) is 11.8 Å². The molecular formula is C14H22FNS. The van der Waals surface area contributed by atoms with Crippen molar-refractivity contribution in [2.24, 2.45) is 11.7 Å². The van der Waals surface area contributed by atoms with Crippen LogP contribution in [0.25, 0.3) is 0 Å². The van der Waals surface area contributed by atoms with E-state index in [-0.39, 0.29) is 5.82 Å². The van der Waals surface area contributed by atoms with Gasteiger partial charge >= 0.3 is 0 Å². The molecule has 0 radical (unpaired) electrons. The van der Waals surface area contributed by atoms with E-state index in [0.29, 0.717) is 12.5 Å². The van der Waals surface area contributed by atoms with Crippen molar-refractivity contribution >= 4 is 11.8 Å². The van der Waals surface area contributed by atoms with E-state index in [2.05, 4.69) is 6.92 Å². The second-order valence-electron chi connectivity index (χ2n) is 4.24. The zero-order valence-corrected chi connectivity index (χ0v) is 11.3. The lowest BCUT2D eigenvalue weighted by molar-refractivity contribution is 0.476. The van der Waals surface area contributed by atoms with Crippen molar-refractivity contribution in [1.29, 1.82) is 0 Å². The molecule has 96 valence electrons. The van der Waals surface area contributed by atoms with Gasteiger partial charge in [-0.05, 0) is 54.9 Å². The predicted molar refractivity (Wildman–Crippen MR) is 74.9 cm³/mol. The Balaban J connectivity index is 2.38. The Hall–Kier alpha value is -0.540. The quantitative estimate of drug-likeness (QED) is 0.720. The summed E-state index contributed by atoms with van der Waals surface area (Å²) in [5, 5.41) is 0. The lowest BCUT2D eigenvalue weighted by Gasteiger charge is -2.14. The summed E-state index contributed by atoms with van der Waals surface area (Å²) < 4.78 is 13.5. The first kappa shape index (κ1) is 14.5. The van der Waals surface area contributed by atoms with Crippen LogP contribution in [0.3, 0.4) is 0 Å². The molecule has 0 aliphatic rings. The summed E-state index contributed by atoms with van der Waals surface area (Å²) in [6, 6.07) is 7.00. The maximum Gasteiger partial charge on any atom is 0.126 e. The zero-order valence-electron chi connectivity index (χ0n) is 10.5. The molecule has 1 rings (SSSR count). The molecule has 3 heteroatoms. The van der Waals surface area contributed by atoms with E-state index in [1.807, 2.05) is 23.9 Å². The molecule has 1 aromatic carbocycles. The lowest BCUT2D eigenvalue weighted by atomic mass is 9.95. The SMILES string of the molecule is CCSCCCC(CN)Cc1ccccc1F. The van der Waals surface area contributed by atoms with Crippen LogP contribution in [-0.4, -0.2) is 18.1 Å². The van der Waals surface area contributed by atoms with Crippen molar-refractivity contribution in [3.8, 4) is 0 Å². The normalized spacial score (nSPS) is 12.6. The maximum absolute atomic E-state index is 13.5. The summed E-state index contributed by atoms with van der Waals surface area (Å²) in [5.74, 6) is 2.66. The van der Waals surface area contributed by atoms with E-state index >= 15 is 0 Å². The fourth-order valence-electron chi connectivity index (χ4n) is 1.90. The number of hydrogen-bond donors (Lipinski definition) is 1. The molecule has 0 saturated carbocycles. The Bertz CT molecular complexity index is 317. The summed E-state index contributed by atoms with van der Waals surface area (Å²) in [6.45, 7) is 2.82. The van der Waals surface area contributed by atoms with E-state index < -0.39 is 0 Å². The highest BCUT2D eigenvalue weighted by Gasteiger charge is 2.10. The van der Waals surface area contributed by atoms with Crippen molar-refractivity contribution in [3.63, 3.8) is 0 Å². The molecule has 1 aromatic rings. The van der Waals surface area contributed by atoms with Gasteiger partial charge in [0.05, 0.1) is 0 Å². The van der Waals surface area contributed by atoms with Crippen LogP contribution in [0.2, 0.25) is 0 Å². The molecule has 0 bridgehead atoms. The van der Waals surface area contributed by atoms with Gasteiger partial charge in [0, 0.05) is 0 Å². The van der Waals surface area contributed by atoms with E-state index in [9.17, 15) is 4.39 Å². The second-order valence-corrected chi connectivity index (χ2v) is 5.63. The molecule has 0 heterocycles. The van der Waals surface area contributed by atoms with Gasteiger partial charge in [0.25, 0.3) is 0 Å². The number of thioether (sulfide) groups is 1. The van der Waals surface area contributed by atoms with Crippen molar-refractivity contribution in [2.75, 3.05) is 18.1 Å². The third-order valence-electron chi connectivity index (χ3n) is 2.90. The lowest BCUT2D eigenvalue weighted by Crippen LogP contribution is -2.17. The van der Waals surface area contributed by atoms with Gasteiger partial charge in [-0.15, -0.1) is 0 Å². The maximum atomic E-state index is 13.5. The number of benzene rings is 1. The highest BCUT2D eigenvalue weighted by Crippen LogP contribution is 2.17. The molecule has 0 spiro atoms. The first-order chi connectivity index (χ1) is 8.27. The molecule has 2 N–H and O–H groups in total. The number of nitrogens with two attached hydrogens (primary N) is 1. The minimum absolute atomic E-state index is 0.103. The largest absolute Gasteiger partial charge is 0.330 e. The van der Waals surface area contributed by atoms with Gasteiger partial charge in [-0.3, -0.25) is 0 Å². The summed E-state index contributed by atoms with van der Waals surface area (Å²) in [7, 11) is 0. The monoisotopic (exact) mass is 255 g/mol. The molecule has 1 nitrogen and oxygen atoms in total.